The SMILES string of the molecule is CCCCCOC(=O)Nc1nc(=O)n(C2O[C@H](C)[C@@H](OC(C)=O)C2OC(C)=O)cc1F. The molecule has 0 spiro atoms. The summed E-state index contributed by atoms with van der Waals surface area (Å²) in [6.07, 6.45) is -2.02. The Balaban J connectivity index is 2.22. The molecule has 1 aliphatic rings. The summed E-state index contributed by atoms with van der Waals surface area (Å²) in [7, 11) is 0. The van der Waals surface area contributed by atoms with E-state index in [2.05, 4.69) is 10.3 Å². The van der Waals surface area contributed by atoms with Crippen LogP contribution in [0.3, 0.4) is 0 Å². The summed E-state index contributed by atoms with van der Waals surface area (Å²) in [5, 5.41) is 2.08. The van der Waals surface area contributed by atoms with E-state index in [0.29, 0.717) is 6.42 Å². The Morgan fingerprint density at radius 3 is 2.45 bits per heavy atom. The van der Waals surface area contributed by atoms with Gasteiger partial charge in [-0.25, -0.2) is 14.0 Å². The Labute approximate surface area is 177 Å². The van der Waals surface area contributed by atoms with Gasteiger partial charge in [0.05, 0.1) is 18.9 Å². The third-order valence-electron chi connectivity index (χ3n) is 4.41. The number of anilines is 1. The van der Waals surface area contributed by atoms with E-state index in [1.54, 1.807) is 6.92 Å². The molecule has 31 heavy (non-hydrogen) atoms. The first-order chi connectivity index (χ1) is 14.6. The van der Waals surface area contributed by atoms with Crippen LogP contribution in [0.25, 0.3) is 0 Å². The van der Waals surface area contributed by atoms with Gasteiger partial charge in [-0.2, -0.15) is 4.98 Å². The third-order valence-corrected chi connectivity index (χ3v) is 4.41. The highest BCUT2D eigenvalue weighted by molar-refractivity contribution is 5.83. The smallest absolute Gasteiger partial charge is 0.412 e. The van der Waals surface area contributed by atoms with Crippen LogP contribution < -0.4 is 11.0 Å². The molecule has 2 rings (SSSR count). The number of hydrogen-bond acceptors (Lipinski definition) is 9. The van der Waals surface area contributed by atoms with E-state index in [1.807, 2.05) is 6.92 Å². The van der Waals surface area contributed by atoms with Crippen molar-refractivity contribution in [2.24, 2.45) is 0 Å². The minimum atomic E-state index is -1.30. The topological polar surface area (TPSA) is 135 Å². The number of amides is 1. The number of nitrogens with zero attached hydrogens (tertiary/aromatic N) is 2. The average molecular weight is 443 g/mol. The van der Waals surface area contributed by atoms with Gasteiger partial charge in [0.15, 0.2) is 30.1 Å². The zero-order valence-electron chi connectivity index (χ0n) is 17.8. The van der Waals surface area contributed by atoms with Crippen LogP contribution in [-0.4, -0.2) is 52.5 Å². The van der Waals surface area contributed by atoms with Gasteiger partial charge in [-0.1, -0.05) is 19.8 Å². The Hall–Kier alpha value is -3.02. The first-order valence-electron chi connectivity index (χ1n) is 9.86. The van der Waals surface area contributed by atoms with E-state index in [9.17, 15) is 23.6 Å². The molecular formula is C19H26FN3O8. The van der Waals surface area contributed by atoms with Gasteiger partial charge >= 0.3 is 23.7 Å². The predicted octanol–water partition coefficient (Wildman–Crippen LogP) is 1.90. The molecule has 1 fully saturated rings. The molecule has 0 bridgehead atoms. The molecule has 4 atom stereocenters. The largest absolute Gasteiger partial charge is 0.456 e. The Bertz CT molecular complexity index is 874. The average Bonchev–Trinajstić information content (AvgIpc) is 2.96. The van der Waals surface area contributed by atoms with Gasteiger partial charge in [0.2, 0.25) is 0 Å². The maximum Gasteiger partial charge on any atom is 0.412 e. The van der Waals surface area contributed by atoms with Gasteiger partial charge in [0, 0.05) is 13.8 Å². The van der Waals surface area contributed by atoms with E-state index < -0.39 is 59.9 Å². The molecule has 1 N–H and O–H groups in total. The molecule has 1 aromatic rings. The molecule has 0 saturated carbocycles. The van der Waals surface area contributed by atoms with Gasteiger partial charge in [-0.15, -0.1) is 0 Å². The first-order valence-corrected chi connectivity index (χ1v) is 9.86. The molecule has 12 heteroatoms. The summed E-state index contributed by atoms with van der Waals surface area (Å²) in [5.74, 6) is -3.02. The van der Waals surface area contributed by atoms with E-state index in [-0.39, 0.29) is 6.61 Å². The number of carbonyl (C=O) groups excluding carboxylic acids is 3. The maximum atomic E-state index is 14.5. The Morgan fingerprint density at radius 2 is 1.84 bits per heavy atom. The lowest BCUT2D eigenvalue weighted by Gasteiger charge is -2.23. The number of rotatable bonds is 8. The highest BCUT2D eigenvalue weighted by Gasteiger charge is 2.48. The minimum absolute atomic E-state index is 0.147. The van der Waals surface area contributed by atoms with E-state index in [1.165, 1.54) is 6.92 Å². The minimum Gasteiger partial charge on any atom is -0.456 e. The lowest BCUT2D eigenvalue weighted by molar-refractivity contribution is -0.165. The molecule has 2 heterocycles. The van der Waals surface area contributed by atoms with Crippen LogP contribution in [0.2, 0.25) is 0 Å². The monoisotopic (exact) mass is 443 g/mol. The van der Waals surface area contributed by atoms with Crippen LogP contribution in [0.4, 0.5) is 15.0 Å². The second-order valence-electron chi connectivity index (χ2n) is 6.98. The van der Waals surface area contributed by atoms with Crippen LogP contribution in [0, 0.1) is 5.82 Å². The molecular weight excluding hydrogens is 417 g/mol. The van der Waals surface area contributed by atoms with Gasteiger partial charge in [0.25, 0.3) is 0 Å². The van der Waals surface area contributed by atoms with Crippen LogP contribution in [0.1, 0.15) is 53.2 Å². The van der Waals surface area contributed by atoms with Crippen molar-refractivity contribution in [2.45, 2.75) is 71.5 Å². The van der Waals surface area contributed by atoms with Crippen molar-refractivity contribution < 1.29 is 37.7 Å². The standard InChI is InChI=1S/C19H26FN3O8/c1-5-6-7-8-28-19(27)22-16-13(20)9-23(18(26)21-16)17-15(31-12(4)25)14(10(2)29-17)30-11(3)24/h9-10,14-15,17H,5-8H2,1-4H3,(H,21,22,26,27)/t10-,14-,15?,17?/m1/s1. The number of aromatic nitrogens is 2. The second-order valence-corrected chi connectivity index (χ2v) is 6.98. The highest BCUT2D eigenvalue weighted by Crippen LogP contribution is 2.33. The fraction of sp³-hybridized carbons (Fsp3) is 0.632. The molecule has 0 radical (unpaired) electrons. The number of halogens is 1. The molecule has 172 valence electrons. The van der Waals surface area contributed by atoms with Crippen LogP contribution in [-0.2, 0) is 28.5 Å². The number of ether oxygens (including phenoxy) is 4. The molecule has 2 unspecified atom stereocenters. The van der Waals surface area contributed by atoms with Crippen LogP contribution in [0.5, 0.6) is 0 Å². The van der Waals surface area contributed by atoms with E-state index in [4.69, 9.17) is 18.9 Å². The quantitative estimate of drug-likeness (QED) is 0.363. The first kappa shape index (κ1) is 24.3. The summed E-state index contributed by atoms with van der Waals surface area (Å²) in [4.78, 5) is 50.7. The number of hydrogen-bond donors (Lipinski definition) is 1. The molecule has 11 nitrogen and oxygen atoms in total. The Kier molecular flexibility index (Phi) is 8.48. The lowest BCUT2D eigenvalue weighted by atomic mass is 10.1. The van der Waals surface area contributed by atoms with E-state index >= 15 is 0 Å². The molecule has 0 aromatic carbocycles. The number of esters is 2. The lowest BCUT2D eigenvalue weighted by Crippen LogP contribution is -2.40. The summed E-state index contributed by atoms with van der Waals surface area (Å²) in [5.41, 5.74) is -0.986. The zero-order valence-corrected chi connectivity index (χ0v) is 17.8. The van der Waals surface area contributed by atoms with Gasteiger partial charge in [-0.05, 0) is 13.3 Å². The number of unbranched alkanes of at least 4 members (excludes halogenated alkanes) is 2. The normalized spacial score (nSPS) is 22.6. The van der Waals surface area contributed by atoms with E-state index in [0.717, 1.165) is 30.5 Å². The fourth-order valence-electron chi connectivity index (χ4n) is 3.06. The Morgan fingerprint density at radius 1 is 1.19 bits per heavy atom. The fourth-order valence-corrected chi connectivity index (χ4v) is 3.06. The summed E-state index contributed by atoms with van der Waals surface area (Å²) in [6.45, 7) is 5.98. The van der Waals surface area contributed by atoms with Gasteiger partial charge in [0.1, 0.15) is 0 Å². The molecule has 1 amide bonds. The van der Waals surface area contributed by atoms with Crippen molar-refractivity contribution >= 4 is 23.8 Å². The third kappa shape index (κ3) is 6.48. The van der Waals surface area contributed by atoms with Crippen molar-refractivity contribution in [3.63, 3.8) is 0 Å². The molecule has 0 aliphatic carbocycles. The summed E-state index contributed by atoms with van der Waals surface area (Å²) < 4.78 is 36.1. The number of carbonyl (C=O) groups is 3. The predicted molar refractivity (Wildman–Crippen MR) is 104 cm³/mol. The number of nitrogens with one attached hydrogen (secondary N) is 1. The summed E-state index contributed by atoms with van der Waals surface area (Å²) >= 11 is 0. The summed E-state index contributed by atoms with van der Waals surface area (Å²) in [6, 6.07) is 0. The van der Waals surface area contributed by atoms with Crippen LogP contribution in [0.15, 0.2) is 11.0 Å². The van der Waals surface area contributed by atoms with Gasteiger partial charge in [-0.3, -0.25) is 19.5 Å². The van der Waals surface area contributed by atoms with Crippen molar-refractivity contribution in [2.75, 3.05) is 11.9 Å². The highest BCUT2D eigenvalue weighted by atomic mass is 19.1. The molecule has 1 saturated heterocycles. The molecule has 1 aromatic heterocycles. The van der Waals surface area contributed by atoms with Crippen molar-refractivity contribution in [1.29, 1.82) is 0 Å². The molecule has 1 aliphatic heterocycles. The van der Waals surface area contributed by atoms with Crippen LogP contribution >= 0.6 is 0 Å². The van der Waals surface area contributed by atoms with Crippen molar-refractivity contribution in [3.8, 4) is 0 Å². The van der Waals surface area contributed by atoms with Gasteiger partial charge < -0.3 is 18.9 Å². The van der Waals surface area contributed by atoms with Crippen molar-refractivity contribution in [3.05, 3.63) is 22.5 Å². The zero-order chi connectivity index (χ0) is 23.1. The maximum absolute atomic E-state index is 14.5. The second kappa shape index (κ2) is 10.8. The van der Waals surface area contributed by atoms with Crippen molar-refractivity contribution in [1.82, 2.24) is 9.55 Å².